The maximum atomic E-state index is 11.3. The molecule has 2 N–H and O–H groups in total. The van der Waals surface area contributed by atoms with Crippen molar-refractivity contribution in [3.8, 4) is 0 Å². The number of hydrogen-bond acceptors (Lipinski definition) is 4. The average molecular weight is 240 g/mol. The second-order valence-electron chi connectivity index (χ2n) is 4.41. The van der Waals surface area contributed by atoms with Gasteiger partial charge in [0, 0.05) is 0 Å². The van der Waals surface area contributed by atoms with Gasteiger partial charge in [0.1, 0.15) is 5.36 Å². The third-order valence-electron chi connectivity index (χ3n) is 3.08. The number of H-pyrrole nitrogens is 1. The monoisotopic (exact) mass is 240 g/mol. The Morgan fingerprint density at radius 2 is 1.94 bits per heavy atom. The topological polar surface area (TPSA) is 70.1 Å². The molecule has 2 heterocycles. The van der Waals surface area contributed by atoms with E-state index in [0.29, 0.717) is 16.5 Å². The van der Waals surface area contributed by atoms with Crippen LogP contribution in [0.25, 0.3) is 6.58 Å². The summed E-state index contributed by atoms with van der Waals surface area (Å²) < 4.78 is 0. The second-order valence-corrected chi connectivity index (χ2v) is 4.41. The first-order valence-electron chi connectivity index (χ1n) is 5.61. The molecule has 0 amide bonds. The van der Waals surface area contributed by atoms with Crippen LogP contribution in [0.2, 0.25) is 0 Å². The number of hydrogen-bond donors (Lipinski definition) is 2. The molecule has 0 saturated heterocycles. The average Bonchev–Trinajstić information content (AvgIpc) is 2.29. The lowest BCUT2D eigenvalue weighted by Gasteiger charge is -2.15. The molecule has 2 aromatic rings. The van der Waals surface area contributed by atoms with Crippen LogP contribution >= 0.6 is 0 Å². The lowest BCUT2D eigenvalue weighted by atomic mass is 10.1. The summed E-state index contributed by atoms with van der Waals surface area (Å²) in [7, 11) is 0. The van der Waals surface area contributed by atoms with E-state index >= 15 is 0 Å². The minimum atomic E-state index is -0.422. The Balaban J connectivity index is 2.38. The van der Waals surface area contributed by atoms with Crippen LogP contribution in [0.1, 0.15) is 11.1 Å². The Kier molecular flexibility index (Phi) is 2.10. The van der Waals surface area contributed by atoms with Gasteiger partial charge < -0.3 is 10.3 Å². The number of rotatable bonds is 0. The van der Waals surface area contributed by atoms with Crippen LogP contribution in [0.4, 0.5) is 17.2 Å². The fraction of sp³-hybridized carbons (Fsp3) is 0.154. The van der Waals surface area contributed by atoms with Gasteiger partial charge in [-0.15, -0.1) is 0 Å². The van der Waals surface area contributed by atoms with Gasteiger partial charge >= 0.3 is 5.69 Å². The van der Waals surface area contributed by atoms with Crippen molar-refractivity contribution in [2.24, 2.45) is 4.99 Å². The molecule has 3 rings (SSSR count). The molecule has 0 atom stereocenters. The lowest BCUT2D eigenvalue weighted by Crippen LogP contribution is -2.38. The number of nitrogens with zero attached hydrogens (tertiary/aromatic N) is 2. The van der Waals surface area contributed by atoms with Crippen LogP contribution in [0.5, 0.6) is 0 Å². The van der Waals surface area contributed by atoms with E-state index in [2.05, 4.69) is 26.9 Å². The van der Waals surface area contributed by atoms with Crippen molar-refractivity contribution in [3.63, 3.8) is 0 Å². The van der Waals surface area contributed by atoms with Gasteiger partial charge in [-0.25, -0.2) is 9.79 Å². The SMILES string of the molecule is C=c1[nH]c(=O)nc2c1=Nc1cc(C)c(C)cc1N2. The molecule has 5 heteroatoms. The molecule has 0 spiro atoms. The summed E-state index contributed by atoms with van der Waals surface area (Å²) in [5, 5.41) is 4.19. The van der Waals surface area contributed by atoms with Gasteiger partial charge in [-0.3, -0.25) is 0 Å². The summed E-state index contributed by atoms with van der Waals surface area (Å²) in [5.74, 6) is 0.458. The van der Waals surface area contributed by atoms with Gasteiger partial charge in [-0.2, -0.15) is 4.98 Å². The first kappa shape index (κ1) is 10.7. The Labute approximate surface area is 103 Å². The van der Waals surface area contributed by atoms with Crippen molar-refractivity contribution >= 4 is 23.8 Å². The molecule has 5 nitrogen and oxygen atoms in total. The fourth-order valence-electron chi connectivity index (χ4n) is 1.96. The second kappa shape index (κ2) is 3.53. The number of benzene rings is 1. The quantitative estimate of drug-likeness (QED) is 0.610. The van der Waals surface area contributed by atoms with Gasteiger partial charge in [0.05, 0.1) is 16.7 Å². The molecule has 0 fully saturated rings. The van der Waals surface area contributed by atoms with Gasteiger partial charge in [0.25, 0.3) is 0 Å². The standard InChI is InChI=1S/C13H12N4O/c1-6-4-9-10(5-7(6)2)16-12-11(15-9)8(3)14-13(18)17-12/h4-5H,3H2,1-2H3,(H2,14,16,17,18). The van der Waals surface area contributed by atoms with E-state index in [1.165, 1.54) is 11.1 Å². The summed E-state index contributed by atoms with van der Waals surface area (Å²) in [6, 6.07) is 4.01. The predicted octanol–water partition coefficient (Wildman–Crippen LogP) is 0.805. The molecule has 0 unspecified atom stereocenters. The van der Waals surface area contributed by atoms with Crippen LogP contribution in [-0.2, 0) is 0 Å². The molecule has 0 aliphatic carbocycles. The summed E-state index contributed by atoms with van der Waals surface area (Å²) in [6.07, 6.45) is 0. The number of aromatic nitrogens is 2. The largest absolute Gasteiger partial charge is 0.347 e. The van der Waals surface area contributed by atoms with Crippen LogP contribution < -0.4 is 21.7 Å². The molecular formula is C13H12N4O. The van der Waals surface area contributed by atoms with Crippen molar-refractivity contribution in [2.45, 2.75) is 13.8 Å². The van der Waals surface area contributed by atoms with Crippen LogP contribution in [0.3, 0.4) is 0 Å². The molecule has 90 valence electrons. The number of fused-ring (bicyclic) bond motifs is 2. The normalized spacial score (nSPS) is 12.1. The maximum absolute atomic E-state index is 11.3. The molecule has 18 heavy (non-hydrogen) atoms. The van der Waals surface area contributed by atoms with Crippen LogP contribution in [-0.4, -0.2) is 9.97 Å². The first-order chi connectivity index (χ1) is 8.54. The highest BCUT2D eigenvalue weighted by Gasteiger charge is 2.13. The van der Waals surface area contributed by atoms with E-state index in [0.717, 1.165) is 11.4 Å². The fourth-order valence-corrected chi connectivity index (χ4v) is 1.96. The molecule has 0 radical (unpaired) electrons. The minimum absolute atomic E-state index is 0.422. The highest BCUT2D eigenvalue weighted by atomic mass is 16.1. The molecule has 1 aliphatic rings. The first-order valence-corrected chi connectivity index (χ1v) is 5.61. The smallest absolute Gasteiger partial charge is 0.336 e. The Morgan fingerprint density at radius 1 is 1.22 bits per heavy atom. The third-order valence-corrected chi connectivity index (χ3v) is 3.08. The van der Waals surface area contributed by atoms with E-state index in [-0.39, 0.29) is 0 Å². The van der Waals surface area contributed by atoms with E-state index in [1.54, 1.807) is 0 Å². The van der Waals surface area contributed by atoms with Crippen molar-refractivity contribution in [3.05, 3.63) is 44.5 Å². The molecule has 0 bridgehead atoms. The highest BCUT2D eigenvalue weighted by molar-refractivity contribution is 5.74. The van der Waals surface area contributed by atoms with Gasteiger partial charge in [-0.05, 0) is 37.1 Å². The highest BCUT2D eigenvalue weighted by Crippen LogP contribution is 2.31. The maximum Gasteiger partial charge on any atom is 0.347 e. The summed E-state index contributed by atoms with van der Waals surface area (Å²) in [6.45, 7) is 7.85. The zero-order valence-corrected chi connectivity index (χ0v) is 10.2. The summed E-state index contributed by atoms with van der Waals surface area (Å²) in [5.41, 5.74) is 3.62. The number of nitrogens with one attached hydrogen (secondary N) is 2. The van der Waals surface area contributed by atoms with E-state index in [9.17, 15) is 4.79 Å². The zero-order chi connectivity index (χ0) is 12.9. The van der Waals surface area contributed by atoms with Crippen LogP contribution in [0.15, 0.2) is 21.9 Å². The number of aromatic amines is 1. The number of aryl methyl sites for hydroxylation is 2. The van der Waals surface area contributed by atoms with Gasteiger partial charge in [-0.1, -0.05) is 6.58 Å². The Morgan fingerprint density at radius 3 is 2.72 bits per heavy atom. The van der Waals surface area contributed by atoms with Crippen molar-refractivity contribution in [1.29, 1.82) is 0 Å². The molecule has 1 aliphatic heterocycles. The van der Waals surface area contributed by atoms with E-state index in [4.69, 9.17) is 0 Å². The summed E-state index contributed by atoms with van der Waals surface area (Å²) in [4.78, 5) is 22.2. The predicted molar refractivity (Wildman–Crippen MR) is 70.0 cm³/mol. The zero-order valence-electron chi connectivity index (χ0n) is 10.2. The van der Waals surface area contributed by atoms with E-state index in [1.807, 2.05) is 26.0 Å². The van der Waals surface area contributed by atoms with Crippen LogP contribution in [0, 0.1) is 13.8 Å². The van der Waals surface area contributed by atoms with Gasteiger partial charge in [0.2, 0.25) is 0 Å². The van der Waals surface area contributed by atoms with Crippen molar-refractivity contribution in [2.75, 3.05) is 5.32 Å². The Bertz CT molecular complexity index is 820. The summed E-state index contributed by atoms with van der Waals surface area (Å²) >= 11 is 0. The number of anilines is 2. The molecular weight excluding hydrogens is 228 g/mol. The van der Waals surface area contributed by atoms with Gasteiger partial charge in [0.15, 0.2) is 5.82 Å². The molecule has 1 aromatic heterocycles. The molecule has 0 saturated carbocycles. The van der Waals surface area contributed by atoms with Crippen molar-refractivity contribution < 1.29 is 0 Å². The molecule has 1 aromatic carbocycles. The third kappa shape index (κ3) is 1.52. The van der Waals surface area contributed by atoms with Crippen molar-refractivity contribution in [1.82, 2.24) is 9.97 Å². The van der Waals surface area contributed by atoms with E-state index < -0.39 is 5.69 Å². The minimum Gasteiger partial charge on any atom is -0.336 e. The lowest BCUT2D eigenvalue weighted by molar-refractivity contribution is 0.998. The Hall–Kier alpha value is -2.43.